The van der Waals surface area contributed by atoms with E-state index in [-0.39, 0.29) is 23.6 Å². The summed E-state index contributed by atoms with van der Waals surface area (Å²) >= 11 is 0. The first kappa shape index (κ1) is 15.7. The minimum absolute atomic E-state index is 0.00301. The normalized spacial score (nSPS) is 19.1. The zero-order chi connectivity index (χ0) is 14.3. The number of rotatable bonds is 8. The number of unbranched alkanes of at least 4 members (excludes halogenated alkanes) is 2. The van der Waals surface area contributed by atoms with E-state index in [1.54, 1.807) is 6.92 Å². The van der Waals surface area contributed by atoms with Gasteiger partial charge in [0.1, 0.15) is 0 Å². The van der Waals surface area contributed by atoms with Gasteiger partial charge in [0.15, 0.2) is 0 Å². The summed E-state index contributed by atoms with van der Waals surface area (Å²) in [6.45, 7) is 4.96. The van der Waals surface area contributed by atoms with E-state index in [0.29, 0.717) is 32.4 Å². The summed E-state index contributed by atoms with van der Waals surface area (Å²) in [5.41, 5.74) is 0. The highest BCUT2D eigenvalue weighted by molar-refractivity contribution is 6.03. The number of likely N-dealkylation sites (tertiary alicyclic amines) is 1. The third kappa shape index (κ3) is 5.01. The van der Waals surface area contributed by atoms with Gasteiger partial charge >= 0.3 is 0 Å². The standard InChI is InChI=1S/C14H24N2O3/c1-3-4-5-8-15-12(17)7-6-9-16-13(18)10-11(2)14(16)19/h11H,3-10H2,1-2H3,(H,15,17). The zero-order valence-corrected chi connectivity index (χ0v) is 11.9. The third-order valence-electron chi connectivity index (χ3n) is 3.36. The molecule has 3 amide bonds. The number of carbonyl (C=O) groups is 3. The van der Waals surface area contributed by atoms with Crippen molar-refractivity contribution in [2.45, 2.75) is 52.4 Å². The van der Waals surface area contributed by atoms with Crippen LogP contribution in [0.4, 0.5) is 0 Å². The number of hydrogen-bond donors (Lipinski definition) is 1. The molecule has 0 aromatic rings. The topological polar surface area (TPSA) is 66.5 Å². The molecule has 1 fully saturated rings. The molecular weight excluding hydrogens is 244 g/mol. The van der Waals surface area contributed by atoms with Gasteiger partial charge in [0.2, 0.25) is 17.7 Å². The smallest absolute Gasteiger partial charge is 0.232 e. The van der Waals surface area contributed by atoms with Crippen LogP contribution < -0.4 is 5.32 Å². The lowest BCUT2D eigenvalue weighted by atomic mass is 10.1. The van der Waals surface area contributed by atoms with Crippen molar-refractivity contribution in [3.05, 3.63) is 0 Å². The Balaban J connectivity index is 2.14. The lowest BCUT2D eigenvalue weighted by Gasteiger charge is -2.13. The first-order valence-electron chi connectivity index (χ1n) is 7.17. The van der Waals surface area contributed by atoms with Crippen LogP contribution in [0.1, 0.15) is 52.4 Å². The molecule has 0 bridgehead atoms. The lowest BCUT2D eigenvalue weighted by Crippen LogP contribution is -2.32. The highest BCUT2D eigenvalue weighted by Gasteiger charge is 2.34. The van der Waals surface area contributed by atoms with E-state index >= 15 is 0 Å². The van der Waals surface area contributed by atoms with Crippen LogP contribution in [-0.4, -0.2) is 35.7 Å². The highest BCUT2D eigenvalue weighted by Crippen LogP contribution is 2.18. The lowest BCUT2D eigenvalue weighted by molar-refractivity contribution is -0.139. The van der Waals surface area contributed by atoms with Crippen molar-refractivity contribution in [1.82, 2.24) is 10.2 Å². The minimum atomic E-state index is -0.199. The molecule has 1 rings (SSSR count). The van der Waals surface area contributed by atoms with Gasteiger partial charge in [-0.05, 0) is 12.8 Å². The van der Waals surface area contributed by atoms with Gasteiger partial charge in [-0.25, -0.2) is 0 Å². The molecule has 1 unspecified atom stereocenters. The van der Waals surface area contributed by atoms with Gasteiger partial charge in [0, 0.05) is 31.8 Å². The molecule has 0 spiro atoms. The monoisotopic (exact) mass is 268 g/mol. The summed E-state index contributed by atoms with van der Waals surface area (Å²) in [6.07, 6.45) is 4.48. The molecule has 5 nitrogen and oxygen atoms in total. The summed E-state index contributed by atoms with van der Waals surface area (Å²) in [4.78, 5) is 36.0. The quantitative estimate of drug-likeness (QED) is 0.535. The summed E-state index contributed by atoms with van der Waals surface area (Å²) in [6, 6.07) is 0. The molecule has 1 aliphatic rings. The number of carbonyl (C=O) groups excluding carboxylic acids is 3. The summed E-state index contributed by atoms with van der Waals surface area (Å²) < 4.78 is 0. The molecule has 1 atom stereocenters. The summed E-state index contributed by atoms with van der Waals surface area (Å²) in [5.74, 6) is -0.409. The van der Waals surface area contributed by atoms with Crippen molar-refractivity contribution in [2.24, 2.45) is 5.92 Å². The summed E-state index contributed by atoms with van der Waals surface area (Å²) in [7, 11) is 0. The Kier molecular flexibility index (Phi) is 6.53. The van der Waals surface area contributed by atoms with Crippen LogP contribution in [0.25, 0.3) is 0 Å². The van der Waals surface area contributed by atoms with Crippen molar-refractivity contribution < 1.29 is 14.4 Å². The predicted octanol–water partition coefficient (Wildman–Crippen LogP) is 1.47. The van der Waals surface area contributed by atoms with Crippen molar-refractivity contribution in [1.29, 1.82) is 0 Å². The number of amides is 3. The van der Waals surface area contributed by atoms with Crippen LogP contribution >= 0.6 is 0 Å². The largest absolute Gasteiger partial charge is 0.356 e. The highest BCUT2D eigenvalue weighted by atomic mass is 16.2. The summed E-state index contributed by atoms with van der Waals surface area (Å²) in [5, 5.41) is 2.85. The Labute approximate surface area is 114 Å². The van der Waals surface area contributed by atoms with E-state index in [1.807, 2.05) is 0 Å². The van der Waals surface area contributed by atoms with E-state index in [9.17, 15) is 14.4 Å². The van der Waals surface area contributed by atoms with E-state index in [1.165, 1.54) is 4.90 Å². The maximum atomic E-state index is 11.6. The molecule has 108 valence electrons. The Bertz CT molecular complexity index is 342. The Hall–Kier alpha value is -1.39. The molecule has 0 aliphatic carbocycles. The van der Waals surface area contributed by atoms with Crippen molar-refractivity contribution in [3.8, 4) is 0 Å². The predicted molar refractivity (Wildman–Crippen MR) is 72.3 cm³/mol. The molecule has 1 N–H and O–H groups in total. The number of hydrogen-bond acceptors (Lipinski definition) is 3. The second kappa shape index (κ2) is 7.92. The number of nitrogens with zero attached hydrogens (tertiary/aromatic N) is 1. The maximum absolute atomic E-state index is 11.6. The fourth-order valence-corrected chi connectivity index (χ4v) is 2.17. The van der Waals surface area contributed by atoms with Gasteiger partial charge in [-0.3, -0.25) is 19.3 Å². The van der Waals surface area contributed by atoms with Crippen LogP contribution in [0, 0.1) is 5.92 Å². The zero-order valence-electron chi connectivity index (χ0n) is 11.9. The maximum Gasteiger partial charge on any atom is 0.232 e. The Morgan fingerprint density at radius 3 is 2.63 bits per heavy atom. The minimum Gasteiger partial charge on any atom is -0.356 e. The SMILES string of the molecule is CCCCCNC(=O)CCCN1C(=O)CC(C)C1=O. The van der Waals surface area contributed by atoms with Crippen LogP contribution in [0.5, 0.6) is 0 Å². The van der Waals surface area contributed by atoms with Gasteiger partial charge in [0.05, 0.1) is 0 Å². The molecule has 1 aliphatic heterocycles. The van der Waals surface area contributed by atoms with Crippen LogP contribution in [0.2, 0.25) is 0 Å². The van der Waals surface area contributed by atoms with Gasteiger partial charge in [-0.1, -0.05) is 26.7 Å². The molecule has 0 aromatic heterocycles. The fraction of sp³-hybridized carbons (Fsp3) is 0.786. The third-order valence-corrected chi connectivity index (χ3v) is 3.36. The first-order valence-corrected chi connectivity index (χ1v) is 7.17. The molecule has 0 saturated carbocycles. The van der Waals surface area contributed by atoms with Crippen molar-refractivity contribution in [3.63, 3.8) is 0 Å². The van der Waals surface area contributed by atoms with Gasteiger partial charge in [0.25, 0.3) is 0 Å². The second-order valence-electron chi connectivity index (χ2n) is 5.15. The number of nitrogens with one attached hydrogen (secondary N) is 1. The molecule has 19 heavy (non-hydrogen) atoms. The molecule has 0 radical (unpaired) electrons. The molecule has 1 saturated heterocycles. The van der Waals surface area contributed by atoms with E-state index < -0.39 is 0 Å². The average molecular weight is 268 g/mol. The van der Waals surface area contributed by atoms with Crippen molar-refractivity contribution in [2.75, 3.05) is 13.1 Å². The fourth-order valence-electron chi connectivity index (χ4n) is 2.17. The number of imide groups is 1. The molecule has 0 aromatic carbocycles. The van der Waals surface area contributed by atoms with E-state index in [2.05, 4.69) is 12.2 Å². The van der Waals surface area contributed by atoms with Gasteiger partial charge in [-0.2, -0.15) is 0 Å². The molecule has 1 heterocycles. The Morgan fingerprint density at radius 2 is 2.05 bits per heavy atom. The first-order chi connectivity index (χ1) is 9.06. The molecule has 5 heteroatoms. The van der Waals surface area contributed by atoms with E-state index in [4.69, 9.17) is 0 Å². The molecular formula is C14H24N2O3. The second-order valence-corrected chi connectivity index (χ2v) is 5.15. The van der Waals surface area contributed by atoms with Crippen LogP contribution in [-0.2, 0) is 14.4 Å². The average Bonchev–Trinajstić information content (AvgIpc) is 2.61. The Morgan fingerprint density at radius 1 is 1.32 bits per heavy atom. The van der Waals surface area contributed by atoms with Crippen LogP contribution in [0.3, 0.4) is 0 Å². The van der Waals surface area contributed by atoms with Crippen molar-refractivity contribution >= 4 is 17.7 Å². The van der Waals surface area contributed by atoms with Gasteiger partial charge < -0.3 is 5.32 Å². The van der Waals surface area contributed by atoms with Crippen LogP contribution in [0.15, 0.2) is 0 Å². The van der Waals surface area contributed by atoms with E-state index in [0.717, 1.165) is 19.3 Å². The van der Waals surface area contributed by atoms with Gasteiger partial charge in [-0.15, -0.1) is 0 Å².